The molecular formula is C18H25N5O. The molecule has 0 saturated carbocycles. The Morgan fingerprint density at radius 1 is 1.17 bits per heavy atom. The van der Waals surface area contributed by atoms with Crippen molar-refractivity contribution in [1.82, 2.24) is 14.5 Å². The molecule has 3 rings (SSSR count). The molecule has 0 amide bonds. The van der Waals surface area contributed by atoms with Crippen LogP contribution >= 0.6 is 0 Å². The van der Waals surface area contributed by atoms with Crippen LogP contribution in [0.2, 0.25) is 0 Å². The number of nitrogen functional groups attached to an aromatic ring is 1. The SMILES string of the molecule is Nc1ccn(-c2ccc(CCN3CCCCC(N)C3)cc2)c(=O)n1. The van der Waals surface area contributed by atoms with Crippen molar-refractivity contribution in [3.05, 3.63) is 52.6 Å². The van der Waals surface area contributed by atoms with E-state index in [4.69, 9.17) is 11.5 Å². The van der Waals surface area contributed by atoms with Crippen LogP contribution in [0.5, 0.6) is 0 Å². The molecule has 24 heavy (non-hydrogen) atoms. The number of hydrogen-bond donors (Lipinski definition) is 2. The summed E-state index contributed by atoms with van der Waals surface area (Å²) in [4.78, 5) is 18.1. The van der Waals surface area contributed by atoms with Gasteiger partial charge in [0.25, 0.3) is 0 Å². The van der Waals surface area contributed by atoms with Gasteiger partial charge < -0.3 is 16.4 Å². The van der Waals surface area contributed by atoms with Crippen molar-refractivity contribution < 1.29 is 0 Å². The highest BCUT2D eigenvalue weighted by Gasteiger charge is 2.14. The Hall–Kier alpha value is -2.18. The number of hydrogen-bond acceptors (Lipinski definition) is 5. The van der Waals surface area contributed by atoms with Gasteiger partial charge in [-0.25, -0.2) is 4.79 Å². The first-order valence-corrected chi connectivity index (χ1v) is 8.54. The molecule has 1 saturated heterocycles. The second-order valence-corrected chi connectivity index (χ2v) is 6.48. The van der Waals surface area contributed by atoms with Crippen molar-refractivity contribution in [1.29, 1.82) is 0 Å². The maximum atomic E-state index is 11.9. The highest BCUT2D eigenvalue weighted by molar-refractivity contribution is 5.36. The largest absolute Gasteiger partial charge is 0.383 e. The van der Waals surface area contributed by atoms with Crippen molar-refractivity contribution in [2.45, 2.75) is 31.7 Å². The summed E-state index contributed by atoms with van der Waals surface area (Å²) < 4.78 is 1.49. The van der Waals surface area contributed by atoms with Gasteiger partial charge in [-0.2, -0.15) is 4.98 Å². The summed E-state index contributed by atoms with van der Waals surface area (Å²) in [6.07, 6.45) is 6.24. The normalized spacial score (nSPS) is 19.1. The third kappa shape index (κ3) is 4.21. The number of nitrogens with zero attached hydrogens (tertiary/aromatic N) is 3. The fourth-order valence-electron chi connectivity index (χ4n) is 3.18. The van der Waals surface area contributed by atoms with E-state index in [1.807, 2.05) is 12.1 Å². The zero-order valence-corrected chi connectivity index (χ0v) is 13.9. The number of benzene rings is 1. The van der Waals surface area contributed by atoms with Crippen LogP contribution in [0.4, 0.5) is 5.82 Å². The molecule has 1 unspecified atom stereocenters. The van der Waals surface area contributed by atoms with Crippen LogP contribution in [-0.4, -0.2) is 40.1 Å². The zero-order chi connectivity index (χ0) is 16.9. The first kappa shape index (κ1) is 16.7. The van der Waals surface area contributed by atoms with Crippen LogP contribution in [0.25, 0.3) is 5.69 Å². The summed E-state index contributed by atoms with van der Waals surface area (Å²) in [6, 6.07) is 9.95. The van der Waals surface area contributed by atoms with Gasteiger partial charge in [0, 0.05) is 25.3 Å². The lowest BCUT2D eigenvalue weighted by atomic mass is 10.1. The average Bonchev–Trinajstić information content (AvgIpc) is 2.78. The van der Waals surface area contributed by atoms with Gasteiger partial charge in [0.15, 0.2) is 0 Å². The fraction of sp³-hybridized carbons (Fsp3) is 0.444. The molecule has 1 fully saturated rings. The van der Waals surface area contributed by atoms with Crippen molar-refractivity contribution in [3.63, 3.8) is 0 Å². The van der Waals surface area contributed by atoms with Crippen LogP contribution in [-0.2, 0) is 6.42 Å². The van der Waals surface area contributed by atoms with Crippen molar-refractivity contribution in [2.75, 3.05) is 25.4 Å². The Kier molecular flexibility index (Phi) is 5.27. The lowest BCUT2D eigenvalue weighted by Crippen LogP contribution is -2.36. The molecule has 128 valence electrons. The van der Waals surface area contributed by atoms with Gasteiger partial charge in [0.2, 0.25) is 0 Å². The topological polar surface area (TPSA) is 90.2 Å². The molecule has 1 aliphatic heterocycles. The number of rotatable bonds is 4. The Morgan fingerprint density at radius 2 is 1.96 bits per heavy atom. The lowest BCUT2D eigenvalue weighted by Gasteiger charge is -2.22. The van der Waals surface area contributed by atoms with E-state index in [9.17, 15) is 4.79 Å². The van der Waals surface area contributed by atoms with Crippen LogP contribution in [0.3, 0.4) is 0 Å². The Balaban J connectivity index is 1.63. The van der Waals surface area contributed by atoms with Gasteiger partial charge in [-0.3, -0.25) is 4.57 Å². The molecule has 2 heterocycles. The van der Waals surface area contributed by atoms with Crippen LogP contribution in [0, 0.1) is 0 Å². The van der Waals surface area contributed by atoms with Gasteiger partial charge in [0.05, 0.1) is 5.69 Å². The van der Waals surface area contributed by atoms with Crippen molar-refractivity contribution in [3.8, 4) is 5.69 Å². The molecule has 1 atom stereocenters. The highest BCUT2D eigenvalue weighted by atomic mass is 16.1. The molecule has 1 aromatic carbocycles. The standard InChI is InChI=1S/C18H25N5O/c19-15-3-1-2-10-22(13-15)11-8-14-4-6-16(7-5-14)23-12-9-17(20)21-18(23)24/h4-7,9,12,15H,1-3,8,10-11,13,19H2,(H2,20,21,24). The second-order valence-electron chi connectivity index (χ2n) is 6.48. The van der Waals surface area contributed by atoms with E-state index in [2.05, 4.69) is 22.0 Å². The minimum absolute atomic E-state index is 0.239. The molecule has 1 aliphatic rings. The van der Waals surface area contributed by atoms with E-state index in [0.29, 0.717) is 6.04 Å². The predicted octanol–water partition coefficient (Wildman–Crippen LogP) is 1.17. The molecular weight excluding hydrogens is 302 g/mol. The molecule has 1 aromatic heterocycles. The minimum Gasteiger partial charge on any atom is -0.383 e. The van der Waals surface area contributed by atoms with E-state index >= 15 is 0 Å². The third-order valence-corrected chi connectivity index (χ3v) is 4.55. The molecule has 0 spiro atoms. The first-order valence-electron chi connectivity index (χ1n) is 8.54. The summed E-state index contributed by atoms with van der Waals surface area (Å²) in [7, 11) is 0. The summed E-state index contributed by atoms with van der Waals surface area (Å²) in [5, 5.41) is 0. The fourth-order valence-corrected chi connectivity index (χ4v) is 3.18. The smallest absolute Gasteiger partial charge is 0.354 e. The molecule has 0 bridgehead atoms. The van der Waals surface area contributed by atoms with Crippen LogP contribution in [0.15, 0.2) is 41.3 Å². The molecule has 6 heteroatoms. The zero-order valence-electron chi connectivity index (χ0n) is 13.9. The monoisotopic (exact) mass is 327 g/mol. The molecule has 2 aromatic rings. The van der Waals surface area contributed by atoms with Crippen molar-refractivity contribution in [2.24, 2.45) is 5.73 Å². The van der Waals surface area contributed by atoms with Gasteiger partial charge in [-0.1, -0.05) is 18.6 Å². The van der Waals surface area contributed by atoms with Gasteiger partial charge >= 0.3 is 5.69 Å². The first-order chi connectivity index (χ1) is 11.6. The molecule has 0 radical (unpaired) electrons. The Morgan fingerprint density at radius 3 is 2.71 bits per heavy atom. The van der Waals surface area contributed by atoms with E-state index in [-0.39, 0.29) is 11.5 Å². The van der Waals surface area contributed by atoms with E-state index < -0.39 is 0 Å². The van der Waals surface area contributed by atoms with Crippen LogP contribution in [0.1, 0.15) is 24.8 Å². The molecule has 0 aliphatic carbocycles. The van der Waals surface area contributed by atoms with E-state index in [1.165, 1.54) is 23.0 Å². The summed E-state index contributed by atoms with van der Waals surface area (Å²) in [6.45, 7) is 3.15. The Labute approximate surface area is 142 Å². The molecule has 4 N–H and O–H groups in total. The van der Waals surface area contributed by atoms with Gasteiger partial charge in [0.1, 0.15) is 5.82 Å². The number of anilines is 1. The second kappa shape index (κ2) is 7.59. The number of nitrogens with two attached hydrogens (primary N) is 2. The summed E-state index contributed by atoms with van der Waals surface area (Å²) in [5.74, 6) is 0.239. The lowest BCUT2D eigenvalue weighted by molar-refractivity contribution is 0.276. The number of likely N-dealkylation sites (tertiary alicyclic amines) is 1. The van der Waals surface area contributed by atoms with Gasteiger partial charge in [-0.05, 0) is 49.6 Å². The Bertz CT molecular complexity index is 725. The minimum atomic E-state index is -0.360. The number of aromatic nitrogens is 2. The predicted molar refractivity (Wildman–Crippen MR) is 96.2 cm³/mol. The molecule has 6 nitrogen and oxygen atoms in total. The highest BCUT2D eigenvalue weighted by Crippen LogP contribution is 2.12. The van der Waals surface area contributed by atoms with Crippen molar-refractivity contribution >= 4 is 5.82 Å². The quantitative estimate of drug-likeness (QED) is 0.880. The summed E-state index contributed by atoms with van der Waals surface area (Å²) in [5.41, 5.74) is 13.3. The van der Waals surface area contributed by atoms with Gasteiger partial charge in [-0.15, -0.1) is 0 Å². The van der Waals surface area contributed by atoms with E-state index in [0.717, 1.165) is 38.2 Å². The maximum absolute atomic E-state index is 11.9. The maximum Gasteiger partial charge on any atom is 0.354 e. The third-order valence-electron chi connectivity index (χ3n) is 4.55. The average molecular weight is 327 g/mol. The summed E-state index contributed by atoms with van der Waals surface area (Å²) >= 11 is 0. The van der Waals surface area contributed by atoms with Crippen LogP contribution < -0.4 is 17.2 Å². The van der Waals surface area contributed by atoms with E-state index in [1.54, 1.807) is 12.3 Å².